The van der Waals surface area contributed by atoms with E-state index < -0.39 is 6.17 Å². The number of hydrogen-bond donors (Lipinski definition) is 2. The Hall–Kier alpha value is -1.09. The molecule has 0 radical (unpaired) electrons. The third-order valence-corrected chi connectivity index (χ3v) is 2.40. The minimum Gasteiger partial charge on any atom is -0.508 e. The van der Waals surface area contributed by atoms with Gasteiger partial charge in [-0.15, -0.1) is 0 Å². The van der Waals surface area contributed by atoms with Gasteiger partial charge in [0.05, 0.1) is 6.04 Å². The Morgan fingerprint density at radius 2 is 2.00 bits per heavy atom. The maximum absolute atomic E-state index is 13.2. The molecule has 2 unspecified atom stereocenters. The molecule has 1 aliphatic heterocycles. The fourth-order valence-corrected chi connectivity index (χ4v) is 1.68. The van der Waals surface area contributed by atoms with E-state index in [1.165, 1.54) is 0 Å². The standard InChI is InChI=1S/C10H12FNO/c11-9-5-6-12-10(9)7-1-3-8(13)4-2-7/h1-4,9-10,12-13H,5-6H2. The van der Waals surface area contributed by atoms with Gasteiger partial charge in [0.15, 0.2) is 0 Å². The molecule has 1 heterocycles. The van der Waals surface area contributed by atoms with Crippen LogP contribution in [-0.4, -0.2) is 17.8 Å². The largest absolute Gasteiger partial charge is 0.508 e. The van der Waals surface area contributed by atoms with Crippen LogP contribution in [0.4, 0.5) is 4.39 Å². The van der Waals surface area contributed by atoms with Gasteiger partial charge in [-0.25, -0.2) is 4.39 Å². The van der Waals surface area contributed by atoms with Gasteiger partial charge in [0, 0.05) is 0 Å². The van der Waals surface area contributed by atoms with Crippen LogP contribution in [-0.2, 0) is 0 Å². The summed E-state index contributed by atoms with van der Waals surface area (Å²) in [6, 6.07) is 6.49. The average Bonchev–Trinajstić information content (AvgIpc) is 2.53. The van der Waals surface area contributed by atoms with Crippen molar-refractivity contribution in [3.8, 4) is 5.75 Å². The Balaban J connectivity index is 2.20. The average molecular weight is 181 g/mol. The number of alkyl halides is 1. The van der Waals surface area contributed by atoms with E-state index in [-0.39, 0.29) is 11.8 Å². The molecule has 0 bridgehead atoms. The molecule has 1 aromatic carbocycles. The number of phenols is 1. The van der Waals surface area contributed by atoms with Gasteiger partial charge in [0.1, 0.15) is 11.9 Å². The van der Waals surface area contributed by atoms with Gasteiger partial charge in [-0.1, -0.05) is 12.1 Å². The fraction of sp³-hybridized carbons (Fsp3) is 0.400. The second kappa shape index (κ2) is 3.34. The predicted molar refractivity (Wildman–Crippen MR) is 48.4 cm³/mol. The summed E-state index contributed by atoms with van der Waals surface area (Å²) in [6.45, 7) is 0.729. The molecule has 0 aliphatic carbocycles. The lowest BCUT2D eigenvalue weighted by molar-refractivity contribution is 0.304. The first kappa shape index (κ1) is 8.51. The summed E-state index contributed by atoms with van der Waals surface area (Å²) in [5.41, 5.74) is 0.905. The molecule has 3 heteroatoms. The zero-order valence-corrected chi connectivity index (χ0v) is 7.20. The number of hydrogen-bond acceptors (Lipinski definition) is 2. The number of aromatic hydroxyl groups is 1. The number of phenolic OH excluding ortho intramolecular Hbond substituents is 1. The molecule has 1 aromatic rings. The molecular formula is C10H12FNO. The van der Waals surface area contributed by atoms with Gasteiger partial charge in [0.25, 0.3) is 0 Å². The van der Waals surface area contributed by atoms with Crippen LogP contribution in [0.3, 0.4) is 0 Å². The third kappa shape index (κ3) is 1.65. The molecule has 1 saturated heterocycles. The normalized spacial score (nSPS) is 27.8. The maximum Gasteiger partial charge on any atom is 0.121 e. The van der Waals surface area contributed by atoms with Crippen molar-refractivity contribution in [2.45, 2.75) is 18.6 Å². The fourth-order valence-electron chi connectivity index (χ4n) is 1.68. The first-order valence-electron chi connectivity index (χ1n) is 4.44. The van der Waals surface area contributed by atoms with E-state index in [4.69, 9.17) is 5.11 Å². The number of rotatable bonds is 1. The Morgan fingerprint density at radius 1 is 1.31 bits per heavy atom. The minimum atomic E-state index is -0.801. The lowest BCUT2D eigenvalue weighted by atomic mass is 10.0. The van der Waals surface area contributed by atoms with Crippen molar-refractivity contribution < 1.29 is 9.50 Å². The summed E-state index contributed by atoms with van der Waals surface area (Å²) in [6.07, 6.45) is -0.226. The molecule has 13 heavy (non-hydrogen) atoms. The smallest absolute Gasteiger partial charge is 0.121 e. The maximum atomic E-state index is 13.2. The second-order valence-electron chi connectivity index (χ2n) is 3.33. The van der Waals surface area contributed by atoms with Crippen molar-refractivity contribution in [3.63, 3.8) is 0 Å². The molecule has 2 N–H and O–H groups in total. The molecule has 2 nitrogen and oxygen atoms in total. The van der Waals surface area contributed by atoms with Crippen LogP contribution in [0.2, 0.25) is 0 Å². The van der Waals surface area contributed by atoms with Crippen molar-refractivity contribution in [1.82, 2.24) is 5.32 Å². The Labute approximate surface area is 76.4 Å². The van der Waals surface area contributed by atoms with E-state index in [0.29, 0.717) is 6.42 Å². The first-order valence-corrected chi connectivity index (χ1v) is 4.44. The summed E-state index contributed by atoms with van der Waals surface area (Å²) in [7, 11) is 0. The molecule has 0 spiro atoms. The van der Waals surface area contributed by atoms with Crippen LogP contribution in [0.1, 0.15) is 18.0 Å². The summed E-state index contributed by atoms with van der Waals surface area (Å²) in [4.78, 5) is 0. The summed E-state index contributed by atoms with van der Waals surface area (Å²) >= 11 is 0. The highest BCUT2D eigenvalue weighted by Crippen LogP contribution is 2.27. The van der Waals surface area contributed by atoms with Crippen LogP contribution < -0.4 is 5.32 Å². The van der Waals surface area contributed by atoms with Gasteiger partial charge < -0.3 is 10.4 Å². The van der Waals surface area contributed by atoms with Crippen LogP contribution >= 0.6 is 0 Å². The van der Waals surface area contributed by atoms with Crippen molar-refractivity contribution in [2.24, 2.45) is 0 Å². The molecule has 70 valence electrons. The minimum absolute atomic E-state index is 0.194. The Bertz CT molecular complexity index is 285. The van der Waals surface area contributed by atoms with Gasteiger partial charge in [-0.2, -0.15) is 0 Å². The molecule has 0 aromatic heterocycles. The molecular weight excluding hydrogens is 169 g/mol. The number of nitrogens with one attached hydrogen (secondary N) is 1. The highest BCUT2D eigenvalue weighted by atomic mass is 19.1. The van der Waals surface area contributed by atoms with Gasteiger partial charge in [0.2, 0.25) is 0 Å². The summed E-state index contributed by atoms with van der Waals surface area (Å²) in [5, 5.41) is 12.1. The van der Waals surface area contributed by atoms with Crippen LogP contribution in [0.25, 0.3) is 0 Å². The van der Waals surface area contributed by atoms with Crippen molar-refractivity contribution >= 4 is 0 Å². The van der Waals surface area contributed by atoms with E-state index in [9.17, 15) is 4.39 Å². The molecule has 2 rings (SSSR count). The zero-order valence-electron chi connectivity index (χ0n) is 7.20. The van der Waals surface area contributed by atoms with Crippen LogP contribution in [0.5, 0.6) is 5.75 Å². The molecule has 0 amide bonds. The van der Waals surface area contributed by atoms with Crippen LogP contribution in [0.15, 0.2) is 24.3 Å². The monoisotopic (exact) mass is 181 g/mol. The van der Waals surface area contributed by atoms with Gasteiger partial charge in [-0.3, -0.25) is 0 Å². The first-order chi connectivity index (χ1) is 6.27. The predicted octanol–water partition coefficient (Wildman–Crippen LogP) is 1.76. The second-order valence-corrected chi connectivity index (χ2v) is 3.33. The van der Waals surface area contributed by atoms with Crippen LogP contribution in [0, 0.1) is 0 Å². The quantitative estimate of drug-likeness (QED) is 0.692. The van der Waals surface area contributed by atoms with E-state index in [1.807, 2.05) is 0 Å². The van der Waals surface area contributed by atoms with Gasteiger partial charge in [-0.05, 0) is 30.7 Å². The van der Waals surface area contributed by atoms with E-state index >= 15 is 0 Å². The van der Waals surface area contributed by atoms with Crippen molar-refractivity contribution in [1.29, 1.82) is 0 Å². The summed E-state index contributed by atoms with van der Waals surface area (Å²) in [5.74, 6) is 0.220. The van der Waals surface area contributed by atoms with Crippen molar-refractivity contribution in [3.05, 3.63) is 29.8 Å². The van der Waals surface area contributed by atoms with E-state index in [2.05, 4.69) is 5.32 Å². The molecule has 1 fully saturated rings. The highest BCUT2D eigenvalue weighted by molar-refractivity contribution is 5.29. The van der Waals surface area contributed by atoms with Gasteiger partial charge >= 0.3 is 0 Å². The molecule has 2 atom stereocenters. The number of benzene rings is 1. The highest BCUT2D eigenvalue weighted by Gasteiger charge is 2.27. The van der Waals surface area contributed by atoms with Crippen molar-refractivity contribution in [2.75, 3.05) is 6.54 Å². The third-order valence-electron chi connectivity index (χ3n) is 2.40. The molecule has 0 saturated carbocycles. The SMILES string of the molecule is Oc1ccc(C2NCCC2F)cc1. The zero-order chi connectivity index (χ0) is 9.26. The van der Waals surface area contributed by atoms with E-state index in [0.717, 1.165) is 12.1 Å². The number of halogens is 1. The Kier molecular flexibility index (Phi) is 2.19. The van der Waals surface area contributed by atoms with E-state index in [1.54, 1.807) is 24.3 Å². The molecule has 1 aliphatic rings. The summed E-state index contributed by atoms with van der Waals surface area (Å²) < 4.78 is 13.2. The lowest BCUT2D eigenvalue weighted by Gasteiger charge is -2.13. The topological polar surface area (TPSA) is 32.3 Å². The Morgan fingerprint density at radius 3 is 2.54 bits per heavy atom. The lowest BCUT2D eigenvalue weighted by Crippen LogP contribution is -2.18.